The minimum Gasteiger partial charge on any atom is -0.481 e. The van der Waals surface area contributed by atoms with Gasteiger partial charge in [-0.25, -0.2) is 0 Å². The quantitative estimate of drug-likeness (QED) is 0.641. The maximum Gasteiger partial charge on any atom is 0.304 e. The summed E-state index contributed by atoms with van der Waals surface area (Å²) in [6.45, 7) is 2.13. The van der Waals surface area contributed by atoms with Crippen molar-refractivity contribution in [3.8, 4) is 0 Å². The SMILES string of the molecule is COCC(O)CSC(C)CC(=O)O. The van der Waals surface area contributed by atoms with Crippen LogP contribution in [0.25, 0.3) is 0 Å². The van der Waals surface area contributed by atoms with Gasteiger partial charge in [-0.3, -0.25) is 4.79 Å². The van der Waals surface area contributed by atoms with E-state index in [1.54, 1.807) is 0 Å². The van der Waals surface area contributed by atoms with Crippen molar-refractivity contribution in [1.82, 2.24) is 0 Å². The van der Waals surface area contributed by atoms with Crippen LogP contribution in [0.5, 0.6) is 0 Å². The third-order valence-corrected chi connectivity index (χ3v) is 2.71. The Labute approximate surface area is 82.3 Å². The molecule has 5 heteroatoms. The van der Waals surface area contributed by atoms with Crippen molar-refractivity contribution in [2.45, 2.75) is 24.7 Å². The highest BCUT2D eigenvalue weighted by Crippen LogP contribution is 2.15. The van der Waals surface area contributed by atoms with E-state index in [2.05, 4.69) is 0 Å². The molecule has 13 heavy (non-hydrogen) atoms. The van der Waals surface area contributed by atoms with Gasteiger partial charge in [-0.2, -0.15) is 11.8 Å². The smallest absolute Gasteiger partial charge is 0.304 e. The van der Waals surface area contributed by atoms with E-state index in [0.29, 0.717) is 12.4 Å². The number of thioether (sulfide) groups is 1. The molecule has 0 heterocycles. The van der Waals surface area contributed by atoms with Crippen molar-refractivity contribution in [1.29, 1.82) is 0 Å². The Morgan fingerprint density at radius 1 is 1.62 bits per heavy atom. The van der Waals surface area contributed by atoms with E-state index in [9.17, 15) is 9.90 Å². The van der Waals surface area contributed by atoms with Crippen LogP contribution in [0.1, 0.15) is 13.3 Å². The Hall–Kier alpha value is -0.260. The molecular weight excluding hydrogens is 192 g/mol. The van der Waals surface area contributed by atoms with Gasteiger partial charge in [0.2, 0.25) is 0 Å². The molecule has 2 atom stereocenters. The third-order valence-electron chi connectivity index (χ3n) is 1.39. The molecular formula is C8H16O4S. The van der Waals surface area contributed by atoms with Gasteiger partial charge in [0.1, 0.15) is 0 Å². The Balaban J connectivity index is 3.45. The zero-order chi connectivity index (χ0) is 10.3. The van der Waals surface area contributed by atoms with Gasteiger partial charge in [0, 0.05) is 18.1 Å². The van der Waals surface area contributed by atoms with E-state index in [4.69, 9.17) is 9.84 Å². The van der Waals surface area contributed by atoms with Gasteiger partial charge in [-0.1, -0.05) is 6.92 Å². The number of aliphatic hydroxyl groups is 1. The zero-order valence-electron chi connectivity index (χ0n) is 7.90. The molecule has 0 bridgehead atoms. The molecule has 0 aliphatic rings. The first-order valence-corrected chi connectivity index (χ1v) is 5.11. The highest BCUT2D eigenvalue weighted by Gasteiger charge is 2.10. The molecule has 0 aromatic rings. The summed E-state index contributed by atoms with van der Waals surface area (Å²) in [5, 5.41) is 17.7. The van der Waals surface area contributed by atoms with Crippen molar-refractivity contribution in [3.63, 3.8) is 0 Å². The number of ether oxygens (including phenoxy) is 1. The molecule has 2 N–H and O–H groups in total. The van der Waals surface area contributed by atoms with Crippen LogP contribution < -0.4 is 0 Å². The highest BCUT2D eigenvalue weighted by molar-refractivity contribution is 7.99. The van der Waals surface area contributed by atoms with Crippen molar-refractivity contribution < 1.29 is 19.7 Å². The number of hydrogen-bond donors (Lipinski definition) is 2. The second-order valence-corrected chi connectivity index (χ2v) is 4.32. The molecule has 0 saturated carbocycles. The number of carbonyl (C=O) groups is 1. The van der Waals surface area contributed by atoms with Gasteiger partial charge in [0.05, 0.1) is 19.1 Å². The minimum atomic E-state index is -0.804. The number of carboxylic acids is 1. The molecule has 0 aromatic heterocycles. The van der Waals surface area contributed by atoms with E-state index in [1.165, 1.54) is 18.9 Å². The topological polar surface area (TPSA) is 66.8 Å². The Morgan fingerprint density at radius 2 is 2.23 bits per heavy atom. The average molecular weight is 208 g/mol. The number of methoxy groups -OCH3 is 1. The van der Waals surface area contributed by atoms with Gasteiger partial charge < -0.3 is 14.9 Å². The molecule has 0 aromatic carbocycles. The van der Waals surface area contributed by atoms with Crippen LogP contribution in [0.4, 0.5) is 0 Å². The summed E-state index contributed by atoms with van der Waals surface area (Å²) < 4.78 is 4.74. The normalized spacial score (nSPS) is 15.3. The zero-order valence-corrected chi connectivity index (χ0v) is 8.71. The molecule has 0 spiro atoms. The highest BCUT2D eigenvalue weighted by atomic mass is 32.2. The van der Waals surface area contributed by atoms with E-state index >= 15 is 0 Å². The summed E-state index contributed by atoms with van der Waals surface area (Å²) in [6, 6.07) is 0. The molecule has 0 aliphatic heterocycles. The predicted octanol–water partition coefficient (Wildman–Crippen LogP) is 0.590. The van der Waals surface area contributed by atoms with E-state index < -0.39 is 12.1 Å². The van der Waals surface area contributed by atoms with Crippen molar-refractivity contribution in [2.24, 2.45) is 0 Å². The summed E-state index contributed by atoms with van der Waals surface area (Å²) in [6.07, 6.45) is -0.379. The van der Waals surface area contributed by atoms with E-state index in [0.717, 1.165) is 0 Å². The standard InChI is InChI=1S/C8H16O4S/c1-6(3-8(10)11)13-5-7(9)4-12-2/h6-7,9H,3-5H2,1-2H3,(H,10,11). The molecule has 78 valence electrons. The summed E-state index contributed by atoms with van der Waals surface area (Å²) >= 11 is 1.44. The van der Waals surface area contributed by atoms with Crippen molar-refractivity contribution in [3.05, 3.63) is 0 Å². The summed E-state index contributed by atoms with van der Waals surface area (Å²) in [7, 11) is 1.52. The van der Waals surface area contributed by atoms with Gasteiger partial charge in [-0.05, 0) is 0 Å². The number of hydrogen-bond acceptors (Lipinski definition) is 4. The lowest BCUT2D eigenvalue weighted by Crippen LogP contribution is -2.19. The number of aliphatic carboxylic acids is 1. The van der Waals surface area contributed by atoms with Gasteiger partial charge in [0.25, 0.3) is 0 Å². The average Bonchev–Trinajstić information content (AvgIpc) is 2.00. The van der Waals surface area contributed by atoms with Crippen molar-refractivity contribution >= 4 is 17.7 Å². The molecule has 0 radical (unpaired) electrons. The molecule has 0 amide bonds. The summed E-state index contributed by atoms with van der Waals surface area (Å²) in [4.78, 5) is 10.3. The van der Waals surface area contributed by atoms with Crippen LogP contribution in [0.15, 0.2) is 0 Å². The Morgan fingerprint density at radius 3 is 2.69 bits per heavy atom. The first-order chi connectivity index (χ1) is 6.06. The second-order valence-electron chi connectivity index (χ2n) is 2.85. The number of carboxylic acid groups (broad SMARTS) is 1. The molecule has 0 fully saturated rings. The fraction of sp³-hybridized carbons (Fsp3) is 0.875. The fourth-order valence-corrected chi connectivity index (χ4v) is 1.73. The van der Waals surface area contributed by atoms with Crippen LogP contribution >= 0.6 is 11.8 Å². The molecule has 0 aliphatic carbocycles. The maximum atomic E-state index is 10.3. The molecule has 2 unspecified atom stereocenters. The molecule has 0 rings (SSSR count). The van der Waals surface area contributed by atoms with Gasteiger partial charge in [-0.15, -0.1) is 0 Å². The first kappa shape index (κ1) is 12.7. The van der Waals surface area contributed by atoms with E-state index in [1.807, 2.05) is 6.92 Å². The van der Waals surface area contributed by atoms with E-state index in [-0.39, 0.29) is 11.7 Å². The predicted molar refractivity (Wildman–Crippen MR) is 52.1 cm³/mol. The van der Waals surface area contributed by atoms with Crippen molar-refractivity contribution in [2.75, 3.05) is 19.5 Å². The fourth-order valence-electron chi connectivity index (χ4n) is 0.821. The Bertz CT molecular complexity index is 151. The lowest BCUT2D eigenvalue weighted by molar-refractivity contribution is -0.136. The minimum absolute atomic E-state index is 0.0315. The van der Waals surface area contributed by atoms with Crippen LogP contribution in [-0.4, -0.2) is 47.0 Å². The third kappa shape index (κ3) is 8.08. The lowest BCUT2D eigenvalue weighted by atomic mass is 10.3. The number of aliphatic hydroxyl groups excluding tert-OH is 1. The molecule has 0 saturated heterocycles. The summed E-state index contributed by atoms with van der Waals surface area (Å²) in [5.41, 5.74) is 0. The van der Waals surface area contributed by atoms with Gasteiger partial charge >= 0.3 is 5.97 Å². The van der Waals surface area contributed by atoms with Gasteiger partial charge in [0.15, 0.2) is 0 Å². The second kappa shape index (κ2) is 7.17. The summed E-state index contributed by atoms with van der Waals surface area (Å²) in [5.74, 6) is -0.288. The Kier molecular flexibility index (Phi) is 7.03. The van der Waals surface area contributed by atoms with Crippen LogP contribution in [0.3, 0.4) is 0 Å². The largest absolute Gasteiger partial charge is 0.481 e. The van der Waals surface area contributed by atoms with Crippen LogP contribution in [0.2, 0.25) is 0 Å². The van der Waals surface area contributed by atoms with Crippen LogP contribution in [0, 0.1) is 0 Å². The monoisotopic (exact) mass is 208 g/mol. The maximum absolute atomic E-state index is 10.3. The lowest BCUT2D eigenvalue weighted by Gasteiger charge is -2.12. The van der Waals surface area contributed by atoms with Crippen LogP contribution in [-0.2, 0) is 9.53 Å². The molecule has 4 nitrogen and oxygen atoms in total. The number of rotatable bonds is 7. The first-order valence-electron chi connectivity index (χ1n) is 4.06.